The summed E-state index contributed by atoms with van der Waals surface area (Å²) in [6.45, 7) is 0. The molecule has 1 saturated carbocycles. The molecule has 3 rings (SSSR count). The van der Waals surface area contributed by atoms with Crippen molar-refractivity contribution in [2.24, 2.45) is 13.5 Å². The third kappa shape index (κ3) is 4.37. The van der Waals surface area contributed by atoms with Crippen molar-refractivity contribution in [1.29, 1.82) is 0 Å². The van der Waals surface area contributed by atoms with Crippen LogP contribution in [0.3, 0.4) is 0 Å². The zero-order valence-corrected chi connectivity index (χ0v) is 16.1. The second kappa shape index (κ2) is 6.83. The predicted molar refractivity (Wildman–Crippen MR) is 94.3 cm³/mol. The molecular weight excluding hydrogens is 400 g/mol. The summed E-state index contributed by atoms with van der Waals surface area (Å²) in [4.78, 5) is 0. The lowest BCUT2D eigenvalue weighted by molar-refractivity contribution is 0.443. The molecule has 1 aromatic rings. The Hall–Kier alpha value is -0.640. The number of rotatable bonds is 3. The van der Waals surface area contributed by atoms with Crippen LogP contribution in [0.5, 0.6) is 0 Å². The van der Waals surface area contributed by atoms with Crippen molar-refractivity contribution in [2.75, 3.05) is 11.7 Å². The highest BCUT2D eigenvalue weighted by atomic mass is 31.3. The van der Waals surface area contributed by atoms with E-state index in [0.29, 0.717) is 10.6 Å². The predicted octanol–water partition coefficient (Wildman–Crippen LogP) is 8.87. The topological polar surface area (TPSA) is 40.3 Å². The van der Waals surface area contributed by atoms with Gasteiger partial charge in [0.1, 0.15) is 0 Å². The van der Waals surface area contributed by atoms with Gasteiger partial charge in [-0.3, -0.25) is 4.67 Å². The Morgan fingerprint density at radius 2 is 1.40 bits per heavy atom. The van der Waals surface area contributed by atoms with Gasteiger partial charge in [-0.1, -0.05) is 31.4 Å². The third-order valence-electron chi connectivity index (χ3n) is 4.38. The van der Waals surface area contributed by atoms with Gasteiger partial charge < -0.3 is 0 Å². The first-order chi connectivity index (χ1) is 11.6. The summed E-state index contributed by atoms with van der Waals surface area (Å²) in [6, 6.07) is 6.69. The van der Waals surface area contributed by atoms with Crippen LogP contribution in [0.4, 0.5) is 26.7 Å². The van der Waals surface area contributed by atoms with Crippen molar-refractivity contribution in [3.63, 3.8) is 0 Å². The van der Waals surface area contributed by atoms with E-state index >= 15 is 0 Å². The molecule has 0 aromatic heterocycles. The maximum Gasteiger partial charge on any atom is 0.424 e. The number of anilines is 1. The minimum Gasteiger partial charge on any atom is -0.299 e. The molecule has 1 aliphatic heterocycles. The standard InChI is InChI=1S/C13H18F5N4P3/c1-22(25(18)20-23(14,15)19-24(16,17)21-25)13-9-7-12(8-10-13)11-5-3-2-4-6-11/h7-11H,2-6H2,1H3. The lowest BCUT2D eigenvalue weighted by atomic mass is 9.84. The average molecular weight is 418 g/mol. The van der Waals surface area contributed by atoms with Crippen LogP contribution < -0.4 is 4.67 Å². The maximum absolute atomic E-state index is 14.8. The van der Waals surface area contributed by atoms with Crippen LogP contribution in [0.2, 0.25) is 0 Å². The summed E-state index contributed by atoms with van der Waals surface area (Å²) in [5, 5.41) is 0. The smallest absolute Gasteiger partial charge is 0.299 e. The van der Waals surface area contributed by atoms with E-state index < -0.39 is 23.3 Å². The summed E-state index contributed by atoms with van der Waals surface area (Å²) in [5.41, 5.74) is 1.29. The molecule has 140 valence electrons. The molecule has 1 fully saturated rings. The van der Waals surface area contributed by atoms with Gasteiger partial charge in [0.15, 0.2) is 0 Å². The third-order valence-corrected chi connectivity index (χ3v) is 10.6. The first kappa shape index (κ1) is 19.1. The van der Waals surface area contributed by atoms with Crippen LogP contribution >= 0.6 is 23.3 Å². The van der Waals surface area contributed by atoms with Crippen LogP contribution in [-0.4, -0.2) is 7.05 Å². The van der Waals surface area contributed by atoms with E-state index in [2.05, 4.69) is 13.5 Å². The van der Waals surface area contributed by atoms with Crippen LogP contribution in [0.1, 0.15) is 43.6 Å². The van der Waals surface area contributed by atoms with Gasteiger partial charge in [-0.25, -0.2) is 0 Å². The first-order valence-electron chi connectivity index (χ1n) is 7.84. The number of hydrogen-bond acceptors (Lipinski definition) is 4. The van der Waals surface area contributed by atoms with Crippen molar-refractivity contribution in [2.45, 2.75) is 38.0 Å². The monoisotopic (exact) mass is 418 g/mol. The van der Waals surface area contributed by atoms with Crippen molar-refractivity contribution in [3.05, 3.63) is 29.8 Å². The second-order valence-corrected chi connectivity index (χ2v) is 11.7. The Morgan fingerprint density at radius 1 is 0.840 bits per heavy atom. The SMILES string of the molecule is CN(c1ccc(C2CCCCC2)cc1)P1(F)=NP(F)(F)=NP(F)(F)=N1. The summed E-state index contributed by atoms with van der Waals surface area (Å²) < 4.78 is 76.6. The molecule has 1 heterocycles. The van der Waals surface area contributed by atoms with Gasteiger partial charge in [0, 0.05) is 12.7 Å². The van der Waals surface area contributed by atoms with Gasteiger partial charge in [0.05, 0.1) is 0 Å². The van der Waals surface area contributed by atoms with Crippen molar-refractivity contribution in [1.82, 2.24) is 0 Å². The molecule has 0 amide bonds. The maximum atomic E-state index is 14.8. The Labute approximate surface area is 143 Å². The molecule has 25 heavy (non-hydrogen) atoms. The highest BCUT2D eigenvalue weighted by Gasteiger charge is 2.41. The Kier molecular flexibility index (Phi) is 5.22. The van der Waals surface area contributed by atoms with Gasteiger partial charge in [0.2, 0.25) is 0 Å². The minimum atomic E-state index is -5.70. The summed E-state index contributed by atoms with van der Waals surface area (Å²) in [5.74, 6) is 0.426. The largest absolute Gasteiger partial charge is 0.424 e. The molecule has 1 aliphatic carbocycles. The number of benzene rings is 1. The number of nitrogens with zero attached hydrogens (tertiary/aromatic N) is 4. The van der Waals surface area contributed by atoms with Crippen LogP contribution in [0.15, 0.2) is 37.8 Å². The fraction of sp³-hybridized carbons (Fsp3) is 0.538. The normalized spacial score (nSPS) is 28.4. The van der Waals surface area contributed by atoms with E-state index in [9.17, 15) is 21.0 Å². The highest BCUT2D eigenvalue weighted by Crippen LogP contribution is 2.82. The fourth-order valence-corrected chi connectivity index (χ4v) is 9.13. The average Bonchev–Trinajstić information content (AvgIpc) is 2.52. The van der Waals surface area contributed by atoms with Crippen molar-refractivity contribution in [3.8, 4) is 0 Å². The zero-order valence-electron chi connectivity index (χ0n) is 13.4. The van der Waals surface area contributed by atoms with Gasteiger partial charge >= 0.3 is 23.3 Å². The van der Waals surface area contributed by atoms with E-state index in [4.69, 9.17) is 0 Å². The summed E-state index contributed by atoms with van der Waals surface area (Å²) in [7, 11) is -15.1. The molecule has 0 N–H and O–H groups in total. The summed E-state index contributed by atoms with van der Waals surface area (Å²) in [6.07, 6.45) is 5.69. The quantitative estimate of drug-likeness (QED) is 0.357. The van der Waals surface area contributed by atoms with Gasteiger partial charge in [-0.05, 0) is 36.5 Å². The number of hydrogen-bond donors (Lipinski definition) is 0. The highest BCUT2D eigenvalue weighted by molar-refractivity contribution is 7.80. The van der Waals surface area contributed by atoms with Crippen LogP contribution in [-0.2, 0) is 0 Å². The minimum absolute atomic E-state index is 0.199. The van der Waals surface area contributed by atoms with E-state index in [1.807, 2.05) is 0 Å². The van der Waals surface area contributed by atoms with Crippen molar-refractivity contribution >= 4 is 29.0 Å². The molecule has 1 unspecified atom stereocenters. The first-order valence-corrected chi connectivity index (χ1v) is 12.3. The molecule has 0 spiro atoms. The fourth-order valence-electron chi connectivity index (χ4n) is 3.12. The Balaban J connectivity index is 1.91. The lowest BCUT2D eigenvalue weighted by Crippen LogP contribution is -2.11. The molecular formula is C13H18F5N4P3. The second-order valence-electron chi connectivity index (χ2n) is 6.12. The molecule has 1 atom stereocenters. The van der Waals surface area contributed by atoms with E-state index in [0.717, 1.165) is 38.3 Å². The zero-order chi connectivity index (χ0) is 18.3. The van der Waals surface area contributed by atoms with Crippen molar-refractivity contribution < 1.29 is 21.0 Å². The van der Waals surface area contributed by atoms with E-state index in [1.165, 1.54) is 6.42 Å². The lowest BCUT2D eigenvalue weighted by Gasteiger charge is -2.27. The molecule has 0 bridgehead atoms. The molecule has 2 aliphatic rings. The molecule has 4 nitrogen and oxygen atoms in total. The van der Waals surface area contributed by atoms with Gasteiger partial charge in [0.25, 0.3) is 0 Å². The van der Waals surface area contributed by atoms with E-state index in [1.54, 1.807) is 24.3 Å². The molecule has 12 heteroatoms. The van der Waals surface area contributed by atoms with E-state index in [-0.39, 0.29) is 5.69 Å². The molecule has 0 radical (unpaired) electrons. The van der Waals surface area contributed by atoms with Gasteiger partial charge in [-0.2, -0.15) is 4.20 Å². The Bertz CT molecular complexity index is 800. The molecule has 0 saturated heterocycles. The summed E-state index contributed by atoms with van der Waals surface area (Å²) >= 11 is 0. The Morgan fingerprint density at radius 3 is 1.96 bits per heavy atom. The van der Waals surface area contributed by atoms with Crippen LogP contribution in [0.25, 0.3) is 0 Å². The number of halogens is 5. The van der Waals surface area contributed by atoms with Gasteiger partial charge in [-0.15, -0.1) is 30.3 Å². The van der Waals surface area contributed by atoms with Crippen LogP contribution in [0, 0.1) is 0 Å². The molecule has 1 aromatic carbocycles.